The molecule has 0 unspecified atom stereocenters. The topological polar surface area (TPSA) is 68.2 Å². The third kappa shape index (κ3) is 1.32. The molecule has 0 atom stereocenters. The van der Waals surface area contributed by atoms with E-state index in [1.165, 1.54) is 12.1 Å². The lowest BCUT2D eigenvalue weighted by molar-refractivity contribution is 0.248. The Morgan fingerprint density at radius 1 is 1.47 bits per heavy atom. The number of rotatable bonds is 0. The standard InChI is InChI=1S/C10H9FN2O2/c1-5-2-6-3-9(14)13(10(12)15)8(6)4-7(5)11/h2-4,14H,1H3,(H2,12,15). The Morgan fingerprint density at radius 3 is 2.73 bits per heavy atom. The molecule has 0 spiro atoms. The van der Waals surface area contributed by atoms with Crippen molar-refractivity contribution < 1.29 is 14.3 Å². The maximum Gasteiger partial charge on any atom is 0.326 e. The van der Waals surface area contributed by atoms with E-state index in [4.69, 9.17) is 5.73 Å². The van der Waals surface area contributed by atoms with E-state index in [0.717, 1.165) is 4.57 Å². The molecule has 5 heteroatoms. The van der Waals surface area contributed by atoms with E-state index in [-0.39, 0.29) is 11.4 Å². The van der Waals surface area contributed by atoms with Gasteiger partial charge in [0.1, 0.15) is 5.82 Å². The van der Waals surface area contributed by atoms with E-state index in [9.17, 15) is 14.3 Å². The summed E-state index contributed by atoms with van der Waals surface area (Å²) in [7, 11) is 0. The molecule has 0 bridgehead atoms. The summed E-state index contributed by atoms with van der Waals surface area (Å²) < 4.78 is 14.1. The van der Waals surface area contributed by atoms with Crippen molar-refractivity contribution >= 4 is 16.9 Å². The number of aromatic hydroxyl groups is 1. The van der Waals surface area contributed by atoms with Crippen molar-refractivity contribution in [2.24, 2.45) is 5.73 Å². The van der Waals surface area contributed by atoms with Crippen LogP contribution in [0.1, 0.15) is 5.56 Å². The molecule has 3 N–H and O–H groups in total. The monoisotopic (exact) mass is 208 g/mol. The van der Waals surface area contributed by atoms with E-state index in [0.29, 0.717) is 10.9 Å². The van der Waals surface area contributed by atoms with Crippen LogP contribution in [0.25, 0.3) is 10.9 Å². The number of carbonyl (C=O) groups is 1. The van der Waals surface area contributed by atoms with Crippen LogP contribution in [0.4, 0.5) is 9.18 Å². The van der Waals surface area contributed by atoms with Crippen LogP contribution in [0.5, 0.6) is 5.88 Å². The van der Waals surface area contributed by atoms with Crippen LogP contribution in [0.2, 0.25) is 0 Å². The Morgan fingerprint density at radius 2 is 2.13 bits per heavy atom. The molecule has 0 radical (unpaired) electrons. The third-order valence-corrected chi connectivity index (χ3v) is 2.28. The molecule has 0 saturated carbocycles. The Kier molecular flexibility index (Phi) is 1.89. The minimum Gasteiger partial charge on any atom is -0.494 e. The third-order valence-electron chi connectivity index (χ3n) is 2.28. The Labute approximate surface area is 84.7 Å². The lowest BCUT2D eigenvalue weighted by Crippen LogP contribution is -2.18. The van der Waals surface area contributed by atoms with Crippen molar-refractivity contribution in [1.82, 2.24) is 4.57 Å². The molecule has 78 valence electrons. The fourth-order valence-electron chi connectivity index (χ4n) is 1.56. The first kappa shape index (κ1) is 9.51. The lowest BCUT2D eigenvalue weighted by Gasteiger charge is -2.01. The number of aromatic nitrogens is 1. The Hall–Kier alpha value is -2.04. The maximum atomic E-state index is 13.3. The zero-order chi connectivity index (χ0) is 11.2. The van der Waals surface area contributed by atoms with Crippen molar-refractivity contribution in [2.45, 2.75) is 6.92 Å². The summed E-state index contributed by atoms with van der Waals surface area (Å²) in [6.45, 7) is 1.60. The maximum absolute atomic E-state index is 13.3. The van der Waals surface area contributed by atoms with Gasteiger partial charge >= 0.3 is 6.03 Å². The average Bonchev–Trinajstić information content (AvgIpc) is 2.41. The highest BCUT2D eigenvalue weighted by atomic mass is 19.1. The number of fused-ring (bicyclic) bond motifs is 1. The van der Waals surface area contributed by atoms with Crippen LogP contribution in [0.3, 0.4) is 0 Å². The number of benzene rings is 1. The first-order valence-corrected chi connectivity index (χ1v) is 4.31. The van der Waals surface area contributed by atoms with Crippen LogP contribution in [-0.4, -0.2) is 15.7 Å². The molecule has 1 amide bonds. The highest BCUT2D eigenvalue weighted by Crippen LogP contribution is 2.26. The predicted molar refractivity (Wildman–Crippen MR) is 53.3 cm³/mol. The molecule has 2 rings (SSSR count). The minimum absolute atomic E-state index is 0.267. The molecule has 1 aromatic heterocycles. The van der Waals surface area contributed by atoms with Gasteiger partial charge in [0, 0.05) is 11.5 Å². The largest absolute Gasteiger partial charge is 0.494 e. The van der Waals surface area contributed by atoms with Gasteiger partial charge < -0.3 is 10.8 Å². The van der Waals surface area contributed by atoms with Gasteiger partial charge in [-0.15, -0.1) is 0 Å². The second kappa shape index (κ2) is 2.98. The number of aryl methyl sites for hydroxylation is 1. The van der Waals surface area contributed by atoms with Gasteiger partial charge in [0.25, 0.3) is 0 Å². The quantitative estimate of drug-likeness (QED) is 0.692. The fourth-order valence-corrected chi connectivity index (χ4v) is 1.56. The van der Waals surface area contributed by atoms with E-state index < -0.39 is 11.8 Å². The first-order chi connectivity index (χ1) is 7.00. The molecular formula is C10H9FN2O2. The molecule has 1 heterocycles. The van der Waals surface area contributed by atoms with E-state index in [2.05, 4.69) is 0 Å². The van der Waals surface area contributed by atoms with Gasteiger partial charge in [-0.05, 0) is 24.6 Å². The van der Waals surface area contributed by atoms with Gasteiger partial charge in [-0.1, -0.05) is 0 Å². The van der Waals surface area contributed by atoms with Crippen molar-refractivity contribution in [3.63, 3.8) is 0 Å². The number of halogens is 1. The summed E-state index contributed by atoms with van der Waals surface area (Å²) in [5.74, 6) is -0.731. The second-order valence-electron chi connectivity index (χ2n) is 3.34. The van der Waals surface area contributed by atoms with Crippen molar-refractivity contribution in [3.8, 4) is 5.88 Å². The Balaban J connectivity index is 2.87. The molecule has 0 aliphatic heterocycles. The summed E-state index contributed by atoms with van der Waals surface area (Å²) in [6, 6.07) is 3.25. The van der Waals surface area contributed by atoms with E-state index >= 15 is 0 Å². The van der Waals surface area contributed by atoms with Gasteiger partial charge in [-0.2, -0.15) is 0 Å². The molecular weight excluding hydrogens is 199 g/mol. The number of nitrogens with zero attached hydrogens (tertiary/aromatic N) is 1. The molecule has 4 nitrogen and oxygen atoms in total. The number of hydrogen-bond donors (Lipinski definition) is 2. The number of hydrogen-bond acceptors (Lipinski definition) is 2. The van der Waals surface area contributed by atoms with Crippen LogP contribution in [0, 0.1) is 12.7 Å². The second-order valence-corrected chi connectivity index (χ2v) is 3.34. The summed E-state index contributed by atoms with van der Waals surface area (Å²) in [5, 5.41) is 10.0. The highest BCUT2D eigenvalue weighted by Gasteiger charge is 2.13. The van der Waals surface area contributed by atoms with Crippen molar-refractivity contribution in [3.05, 3.63) is 29.6 Å². The summed E-state index contributed by atoms with van der Waals surface area (Å²) in [4.78, 5) is 11.0. The predicted octanol–water partition coefficient (Wildman–Crippen LogP) is 1.72. The van der Waals surface area contributed by atoms with Gasteiger partial charge in [-0.3, -0.25) is 0 Å². The van der Waals surface area contributed by atoms with E-state index in [1.807, 2.05) is 0 Å². The van der Waals surface area contributed by atoms with Crippen LogP contribution >= 0.6 is 0 Å². The van der Waals surface area contributed by atoms with Crippen molar-refractivity contribution in [2.75, 3.05) is 0 Å². The number of amides is 1. The van der Waals surface area contributed by atoms with Crippen LogP contribution in [-0.2, 0) is 0 Å². The molecule has 0 aliphatic rings. The van der Waals surface area contributed by atoms with Crippen LogP contribution < -0.4 is 5.73 Å². The fraction of sp³-hybridized carbons (Fsp3) is 0.100. The van der Waals surface area contributed by atoms with Gasteiger partial charge in [-0.25, -0.2) is 13.8 Å². The summed E-state index contributed by atoms with van der Waals surface area (Å²) in [6.07, 6.45) is 0. The minimum atomic E-state index is -0.842. The number of nitrogens with two attached hydrogens (primary N) is 1. The number of primary amides is 1. The smallest absolute Gasteiger partial charge is 0.326 e. The zero-order valence-corrected chi connectivity index (χ0v) is 7.99. The van der Waals surface area contributed by atoms with Crippen LogP contribution in [0.15, 0.2) is 18.2 Å². The van der Waals surface area contributed by atoms with Gasteiger partial charge in [0.05, 0.1) is 5.52 Å². The highest BCUT2D eigenvalue weighted by molar-refractivity contribution is 5.93. The summed E-state index contributed by atoms with van der Waals surface area (Å²) >= 11 is 0. The Bertz CT molecular complexity index is 560. The lowest BCUT2D eigenvalue weighted by atomic mass is 10.2. The van der Waals surface area contributed by atoms with Crippen molar-refractivity contribution in [1.29, 1.82) is 0 Å². The SMILES string of the molecule is Cc1cc2cc(O)n(C(N)=O)c2cc1F. The van der Waals surface area contributed by atoms with E-state index in [1.54, 1.807) is 13.0 Å². The molecule has 0 fully saturated rings. The molecule has 1 aromatic carbocycles. The number of carbonyl (C=O) groups excluding carboxylic acids is 1. The molecule has 0 saturated heterocycles. The molecule has 0 aliphatic carbocycles. The first-order valence-electron chi connectivity index (χ1n) is 4.31. The molecule has 15 heavy (non-hydrogen) atoms. The molecule has 2 aromatic rings. The van der Waals surface area contributed by atoms with Gasteiger partial charge in [0.15, 0.2) is 5.88 Å². The normalized spacial score (nSPS) is 10.8. The zero-order valence-electron chi connectivity index (χ0n) is 7.99. The van der Waals surface area contributed by atoms with Gasteiger partial charge in [0.2, 0.25) is 0 Å². The average molecular weight is 208 g/mol. The summed E-state index contributed by atoms with van der Waals surface area (Å²) in [5.41, 5.74) is 5.77.